The lowest BCUT2D eigenvalue weighted by atomic mass is 9.95. The normalized spacial score (nSPS) is 20.3. The van der Waals surface area contributed by atoms with Gasteiger partial charge < -0.3 is 10.6 Å². The fraction of sp³-hybridized carbons (Fsp3) is 0.571. The number of nitrogens with zero attached hydrogens (tertiary/aromatic N) is 1. The van der Waals surface area contributed by atoms with Crippen LogP contribution in [0.25, 0.3) is 0 Å². The second kappa shape index (κ2) is 4.94. The third-order valence-corrected chi connectivity index (χ3v) is 3.83. The Labute approximate surface area is 111 Å². The van der Waals surface area contributed by atoms with Crippen molar-refractivity contribution in [1.29, 1.82) is 0 Å². The summed E-state index contributed by atoms with van der Waals surface area (Å²) in [5.74, 6) is 0.951. The van der Waals surface area contributed by atoms with Crippen molar-refractivity contribution in [2.24, 2.45) is 11.8 Å². The number of nitrogens with two attached hydrogens (primary N) is 1. The number of hydrogen-bond acceptors (Lipinski definition) is 2. The molecule has 106 valence electrons. The summed E-state index contributed by atoms with van der Waals surface area (Å²) < 4.78 is 39.2. The van der Waals surface area contributed by atoms with Gasteiger partial charge in [-0.25, -0.2) is 0 Å². The van der Waals surface area contributed by atoms with E-state index in [0.717, 1.165) is 12.5 Å². The molecule has 2 nitrogen and oxygen atoms in total. The molecule has 1 aliphatic rings. The predicted molar refractivity (Wildman–Crippen MR) is 71.0 cm³/mol. The molecule has 0 spiro atoms. The average molecular weight is 272 g/mol. The summed E-state index contributed by atoms with van der Waals surface area (Å²) in [6.45, 7) is 5.59. The molecule has 0 amide bonds. The molecule has 0 aliphatic carbocycles. The van der Waals surface area contributed by atoms with E-state index in [-0.39, 0.29) is 11.4 Å². The maximum Gasteiger partial charge on any atom is 0.418 e. The van der Waals surface area contributed by atoms with E-state index in [2.05, 4.69) is 13.8 Å². The lowest BCUT2D eigenvalue weighted by Gasteiger charge is -2.24. The molecule has 0 saturated carbocycles. The van der Waals surface area contributed by atoms with E-state index in [4.69, 9.17) is 5.73 Å². The number of nitrogen functional groups attached to an aromatic ring is 1. The largest absolute Gasteiger partial charge is 0.418 e. The Morgan fingerprint density at radius 1 is 1.32 bits per heavy atom. The quantitative estimate of drug-likeness (QED) is 0.830. The summed E-state index contributed by atoms with van der Waals surface area (Å²) in [5.41, 5.74) is 5.26. The first-order chi connectivity index (χ1) is 8.79. The van der Waals surface area contributed by atoms with Crippen molar-refractivity contribution in [3.63, 3.8) is 0 Å². The van der Waals surface area contributed by atoms with Gasteiger partial charge in [-0.05, 0) is 36.5 Å². The Kier molecular flexibility index (Phi) is 3.65. The molecule has 0 aromatic heterocycles. The minimum absolute atomic E-state index is 0.149. The first kappa shape index (κ1) is 14.0. The van der Waals surface area contributed by atoms with Gasteiger partial charge in [0.15, 0.2) is 0 Å². The van der Waals surface area contributed by atoms with Crippen LogP contribution in [0.15, 0.2) is 18.2 Å². The smallest absolute Gasteiger partial charge is 0.399 e. The van der Waals surface area contributed by atoms with Gasteiger partial charge in [0.25, 0.3) is 0 Å². The highest BCUT2D eigenvalue weighted by Crippen LogP contribution is 2.40. The van der Waals surface area contributed by atoms with Crippen LogP contribution in [0.2, 0.25) is 0 Å². The van der Waals surface area contributed by atoms with Gasteiger partial charge >= 0.3 is 6.18 Å². The highest BCUT2D eigenvalue weighted by Gasteiger charge is 2.36. The van der Waals surface area contributed by atoms with E-state index in [0.29, 0.717) is 24.9 Å². The fourth-order valence-corrected chi connectivity index (χ4v) is 2.61. The topological polar surface area (TPSA) is 29.3 Å². The molecule has 1 aliphatic heterocycles. The summed E-state index contributed by atoms with van der Waals surface area (Å²) in [4.78, 5) is 1.83. The van der Waals surface area contributed by atoms with Crippen LogP contribution in [-0.4, -0.2) is 13.1 Å². The van der Waals surface area contributed by atoms with Crippen LogP contribution in [0.5, 0.6) is 0 Å². The number of hydrogen-bond donors (Lipinski definition) is 1. The minimum atomic E-state index is -4.36. The number of rotatable bonds is 2. The molecule has 1 aromatic carbocycles. The zero-order valence-electron chi connectivity index (χ0n) is 11.2. The zero-order chi connectivity index (χ0) is 14.2. The van der Waals surface area contributed by atoms with E-state index < -0.39 is 11.7 Å². The van der Waals surface area contributed by atoms with Gasteiger partial charge in [0, 0.05) is 24.5 Å². The van der Waals surface area contributed by atoms with Gasteiger partial charge in [0.2, 0.25) is 0 Å². The van der Waals surface area contributed by atoms with E-state index in [1.807, 2.05) is 4.90 Å². The minimum Gasteiger partial charge on any atom is -0.399 e. The maximum absolute atomic E-state index is 13.1. The standard InChI is InChI=1S/C14H19F3N2/c1-9(2)10-5-6-19(8-10)13-4-3-11(18)7-12(13)14(15,16)17/h3-4,7,9-10H,5-6,8,18H2,1-2H3. The molecule has 1 fully saturated rings. The molecular formula is C14H19F3N2. The van der Waals surface area contributed by atoms with Gasteiger partial charge in [-0.2, -0.15) is 13.2 Å². The Hall–Kier alpha value is -1.39. The molecule has 1 aromatic rings. The second-order valence-electron chi connectivity index (χ2n) is 5.51. The molecule has 2 N–H and O–H groups in total. The summed E-state index contributed by atoms with van der Waals surface area (Å²) >= 11 is 0. The second-order valence-corrected chi connectivity index (χ2v) is 5.51. The molecule has 5 heteroatoms. The molecule has 19 heavy (non-hydrogen) atoms. The number of anilines is 2. The lowest BCUT2D eigenvalue weighted by Crippen LogP contribution is -2.24. The number of alkyl halides is 3. The van der Waals surface area contributed by atoms with E-state index >= 15 is 0 Å². The van der Waals surface area contributed by atoms with Crippen molar-refractivity contribution in [2.75, 3.05) is 23.7 Å². The van der Waals surface area contributed by atoms with Crippen molar-refractivity contribution < 1.29 is 13.2 Å². The lowest BCUT2D eigenvalue weighted by molar-refractivity contribution is -0.137. The van der Waals surface area contributed by atoms with Gasteiger partial charge in [-0.1, -0.05) is 13.8 Å². The van der Waals surface area contributed by atoms with Crippen LogP contribution >= 0.6 is 0 Å². The molecule has 1 saturated heterocycles. The SMILES string of the molecule is CC(C)C1CCN(c2ccc(N)cc2C(F)(F)F)C1. The van der Waals surface area contributed by atoms with E-state index in [1.165, 1.54) is 12.1 Å². The Morgan fingerprint density at radius 3 is 2.53 bits per heavy atom. The molecule has 1 unspecified atom stereocenters. The monoisotopic (exact) mass is 272 g/mol. The van der Waals surface area contributed by atoms with Gasteiger partial charge in [0.05, 0.1) is 5.56 Å². The van der Waals surface area contributed by atoms with Gasteiger partial charge in [0.1, 0.15) is 0 Å². The zero-order valence-corrected chi connectivity index (χ0v) is 11.2. The third-order valence-electron chi connectivity index (χ3n) is 3.83. The average Bonchev–Trinajstić information content (AvgIpc) is 2.77. The Bertz CT molecular complexity index is 454. The highest BCUT2D eigenvalue weighted by atomic mass is 19.4. The van der Waals surface area contributed by atoms with Crippen molar-refractivity contribution in [3.8, 4) is 0 Å². The first-order valence-corrected chi connectivity index (χ1v) is 6.50. The van der Waals surface area contributed by atoms with Crippen LogP contribution in [0.1, 0.15) is 25.8 Å². The summed E-state index contributed by atoms with van der Waals surface area (Å²) in [7, 11) is 0. The molecule has 0 radical (unpaired) electrons. The summed E-state index contributed by atoms with van der Waals surface area (Å²) in [6, 6.07) is 4.05. The van der Waals surface area contributed by atoms with Crippen LogP contribution < -0.4 is 10.6 Å². The molecule has 2 rings (SSSR count). The van der Waals surface area contributed by atoms with Crippen molar-refractivity contribution in [2.45, 2.75) is 26.4 Å². The molecule has 1 atom stereocenters. The Morgan fingerprint density at radius 2 is 2.00 bits per heavy atom. The van der Waals surface area contributed by atoms with Gasteiger partial charge in [-0.3, -0.25) is 0 Å². The number of benzene rings is 1. The van der Waals surface area contributed by atoms with Crippen molar-refractivity contribution in [1.82, 2.24) is 0 Å². The van der Waals surface area contributed by atoms with Crippen molar-refractivity contribution >= 4 is 11.4 Å². The van der Waals surface area contributed by atoms with Crippen LogP contribution in [0.4, 0.5) is 24.5 Å². The number of halogens is 3. The van der Waals surface area contributed by atoms with E-state index in [9.17, 15) is 13.2 Å². The van der Waals surface area contributed by atoms with Crippen LogP contribution in [0, 0.1) is 11.8 Å². The maximum atomic E-state index is 13.1. The highest BCUT2D eigenvalue weighted by molar-refractivity contribution is 5.61. The fourth-order valence-electron chi connectivity index (χ4n) is 2.61. The molecular weight excluding hydrogens is 253 g/mol. The predicted octanol–water partition coefficient (Wildman–Crippen LogP) is 3.77. The summed E-state index contributed by atoms with van der Waals surface area (Å²) in [5, 5.41) is 0. The van der Waals surface area contributed by atoms with Crippen LogP contribution in [0.3, 0.4) is 0 Å². The summed E-state index contributed by atoms with van der Waals surface area (Å²) in [6.07, 6.45) is -3.42. The van der Waals surface area contributed by atoms with Crippen LogP contribution in [-0.2, 0) is 6.18 Å². The van der Waals surface area contributed by atoms with Crippen molar-refractivity contribution in [3.05, 3.63) is 23.8 Å². The third kappa shape index (κ3) is 2.96. The van der Waals surface area contributed by atoms with Gasteiger partial charge in [-0.15, -0.1) is 0 Å². The first-order valence-electron chi connectivity index (χ1n) is 6.50. The molecule has 0 bridgehead atoms. The molecule has 1 heterocycles. The Balaban J connectivity index is 2.31. The van der Waals surface area contributed by atoms with E-state index in [1.54, 1.807) is 0 Å².